The zero-order valence-corrected chi connectivity index (χ0v) is 14.8. The molecule has 0 aliphatic carbocycles. The minimum atomic E-state index is -4.45. The van der Waals surface area contributed by atoms with Gasteiger partial charge >= 0.3 is 6.18 Å². The summed E-state index contributed by atoms with van der Waals surface area (Å²) in [6.45, 7) is 5.59. The van der Waals surface area contributed by atoms with E-state index in [-0.39, 0.29) is 5.69 Å². The van der Waals surface area contributed by atoms with Crippen molar-refractivity contribution in [1.29, 1.82) is 5.26 Å². The van der Waals surface area contributed by atoms with E-state index in [2.05, 4.69) is 17.5 Å². The number of benzene rings is 2. The van der Waals surface area contributed by atoms with Crippen LogP contribution >= 0.6 is 0 Å². The van der Waals surface area contributed by atoms with Crippen LogP contribution < -0.4 is 5.73 Å². The van der Waals surface area contributed by atoms with Gasteiger partial charge in [0.05, 0.1) is 17.2 Å². The van der Waals surface area contributed by atoms with Gasteiger partial charge in [-0.15, -0.1) is 0 Å². The van der Waals surface area contributed by atoms with Crippen molar-refractivity contribution < 1.29 is 13.2 Å². The van der Waals surface area contributed by atoms with E-state index in [1.807, 2.05) is 24.3 Å². The van der Waals surface area contributed by atoms with Gasteiger partial charge in [0.25, 0.3) is 0 Å². The summed E-state index contributed by atoms with van der Waals surface area (Å²) in [5.41, 5.74) is 7.64. The lowest BCUT2D eigenvalue weighted by atomic mass is 9.88. The van der Waals surface area contributed by atoms with Crippen LogP contribution in [0.3, 0.4) is 0 Å². The molecule has 2 aromatic rings. The van der Waals surface area contributed by atoms with Crippen LogP contribution in [0, 0.1) is 11.3 Å². The molecule has 27 heavy (non-hydrogen) atoms. The average molecular weight is 371 g/mol. The van der Waals surface area contributed by atoms with E-state index in [9.17, 15) is 13.2 Å². The first-order chi connectivity index (χ1) is 12.8. The van der Waals surface area contributed by atoms with Gasteiger partial charge in [-0.05, 0) is 54.2 Å². The Balaban J connectivity index is 1.66. The molecule has 1 saturated heterocycles. The summed E-state index contributed by atoms with van der Waals surface area (Å²) in [6.07, 6.45) is -2.62. The Bertz CT molecular complexity index is 871. The lowest BCUT2D eigenvalue weighted by Crippen LogP contribution is -2.31. The molecule has 0 atom stereocenters. The zero-order valence-electron chi connectivity index (χ0n) is 14.8. The van der Waals surface area contributed by atoms with Crippen LogP contribution in [0.2, 0.25) is 0 Å². The highest BCUT2D eigenvalue weighted by atomic mass is 19.4. The fourth-order valence-electron chi connectivity index (χ4n) is 3.50. The van der Waals surface area contributed by atoms with Gasteiger partial charge in [-0.25, -0.2) is 0 Å². The van der Waals surface area contributed by atoms with E-state index < -0.39 is 11.7 Å². The molecule has 2 aromatic carbocycles. The number of nitrogen functional groups attached to an aromatic ring is 1. The molecule has 1 fully saturated rings. The predicted molar refractivity (Wildman–Crippen MR) is 99.6 cm³/mol. The molecular formula is C21H20F3N3. The molecule has 6 heteroatoms. The Labute approximate surface area is 156 Å². The Kier molecular flexibility index (Phi) is 5.13. The highest BCUT2D eigenvalue weighted by Gasteiger charge is 2.33. The third kappa shape index (κ3) is 4.08. The number of halogens is 3. The van der Waals surface area contributed by atoms with E-state index >= 15 is 0 Å². The number of likely N-dealkylation sites (tertiary alicyclic amines) is 1. The molecule has 1 aliphatic heterocycles. The summed E-state index contributed by atoms with van der Waals surface area (Å²) in [7, 11) is 0. The summed E-state index contributed by atoms with van der Waals surface area (Å²) in [6, 6.07) is 13.5. The molecule has 0 radical (unpaired) electrons. The molecule has 3 nitrogen and oxygen atoms in total. The molecule has 140 valence electrons. The second kappa shape index (κ2) is 7.36. The van der Waals surface area contributed by atoms with Crippen molar-refractivity contribution in [3.63, 3.8) is 0 Å². The van der Waals surface area contributed by atoms with Crippen LogP contribution in [0.1, 0.15) is 41.0 Å². The van der Waals surface area contributed by atoms with Crippen LogP contribution in [0.25, 0.3) is 5.70 Å². The van der Waals surface area contributed by atoms with E-state index in [0.717, 1.165) is 32.0 Å². The van der Waals surface area contributed by atoms with Crippen molar-refractivity contribution in [1.82, 2.24) is 4.90 Å². The zero-order chi connectivity index (χ0) is 19.6. The van der Waals surface area contributed by atoms with Gasteiger partial charge in [0.15, 0.2) is 0 Å². The predicted octanol–water partition coefficient (Wildman–Crippen LogP) is 5.01. The highest BCUT2D eigenvalue weighted by Crippen LogP contribution is 2.36. The molecule has 0 amide bonds. The second-order valence-electron chi connectivity index (χ2n) is 6.74. The van der Waals surface area contributed by atoms with Gasteiger partial charge in [-0.3, -0.25) is 0 Å². The minimum Gasteiger partial charge on any atom is -0.398 e. The molecule has 1 aliphatic rings. The number of hydrogen-bond acceptors (Lipinski definition) is 3. The second-order valence-corrected chi connectivity index (χ2v) is 6.74. The molecule has 0 aromatic heterocycles. The summed E-state index contributed by atoms with van der Waals surface area (Å²) < 4.78 is 38.6. The van der Waals surface area contributed by atoms with Gasteiger partial charge in [0.2, 0.25) is 0 Å². The van der Waals surface area contributed by atoms with Crippen molar-refractivity contribution in [2.45, 2.75) is 24.9 Å². The van der Waals surface area contributed by atoms with Crippen molar-refractivity contribution in [3.05, 3.63) is 71.3 Å². The monoisotopic (exact) mass is 371 g/mol. The fourth-order valence-corrected chi connectivity index (χ4v) is 3.50. The SMILES string of the molecule is C=C(c1ccc(C(F)(F)F)c(N)c1)N1CCC(c2ccc(C#N)cc2)CC1. The number of rotatable bonds is 3. The van der Waals surface area contributed by atoms with Gasteiger partial charge in [-0.2, -0.15) is 18.4 Å². The first-order valence-corrected chi connectivity index (χ1v) is 8.70. The summed E-state index contributed by atoms with van der Waals surface area (Å²) in [5.74, 6) is 0.402. The Morgan fingerprint density at radius 2 is 1.74 bits per heavy atom. The molecule has 0 saturated carbocycles. The Hall–Kier alpha value is -2.94. The highest BCUT2D eigenvalue weighted by molar-refractivity contribution is 5.67. The van der Waals surface area contributed by atoms with Crippen LogP contribution in [0.4, 0.5) is 18.9 Å². The van der Waals surface area contributed by atoms with Crippen molar-refractivity contribution >= 4 is 11.4 Å². The van der Waals surface area contributed by atoms with Crippen LogP contribution in [0.5, 0.6) is 0 Å². The van der Waals surface area contributed by atoms with E-state index in [0.29, 0.717) is 22.7 Å². The van der Waals surface area contributed by atoms with Gasteiger partial charge < -0.3 is 10.6 Å². The quantitative estimate of drug-likeness (QED) is 0.772. The number of hydrogen-bond donors (Lipinski definition) is 1. The van der Waals surface area contributed by atoms with Gasteiger partial charge in [0, 0.05) is 24.5 Å². The van der Waals surface area contributed by atoms with Gasteiger partial charge in [-0.1, -0.05) is 24.8 Å². The standard InChI is InChI=1S/C21H20F3N3/c1-14(18-6-7-19(20(26)12-18)21(22,23)24)27-10-8-17(9-11-27)16-4-2-15(13-25)3-5-16/h2-7,12,17H,1,8-11,26H2. The lowest BCUT2D eigenvalue weighted by Gasteiger charge is -2.35. The maximum absolute atomic E-state index is 12.9. The molecule has 2 N–H and O–H groups in total. The van der Waals surface area contributed by atoms with E-state index in [1.54, 1.807) is 0 Å². The summed E-state index contributed by atoms with van der Waals surface area (Å²) in [4.78, 5) is 2.09. The van der Waals surface area contributed by atoms with Crippen LogP contribution in [0.15, 0.2) is 49.0 Å². The van der Waals surface area contributed by atoms with Crippen molar-refractivity contribution in [3.8, 4) is 6.07 Å². The smallest absolute Gasteiger partial charge is 0.398 e. The number of nitriles is 1. The van der Waals surface area contributed by atoms with Crippen molar-refractivity contribution in [2.75, 3.05) is 18.8 Å². The van der Waals surface area contributed by atoms with Gasteiger partial charge in [0.1, 0.15) is 0 Å². The van der Waals surface area contributed by atoms with Crippen molar-refractivity contribution in [2.24, 2.45) is 0 Å². The van der Waals surface area contributed by atoms with Crippen LogP contribution in [-0.2, 0) is 6.18 Å². The first kappa shape index (κ1) is 18.8. The van der Waals surface area contributed by atoms with E-state index in [4.69, 9.17) is 11.0 Å². The largest absolute Gasteiger partial charge is 0.418 e. The number of piperidine rings is 1. The molecule has 0 spiro atoms. The third-order valence-electron chi connectivity index (χ3n) is 5.08. The number of nitrogens with zero attached hydrogens (tertiary/aromatic N) is 2. The Morgan fingerprint density at radius 1 is 1.11 bits per heavy atom. The average Bonchev–Trinajstić information content (AvgIpc) is 2.66. The first-order valence-electron chi connectivity index (χ1n) is 8.70. The molecular weight excluding hydrogens is 351 g/mol. The minimum absolute atomic E-state index is 0.284. The topological polar surface area (TPSA) is 53.0 Å². The normalized spacial score (nSPS) is 15.4. The number of alkyl halides is 3. The van der Waals surface area contributed by atoms with Crippen LogP contribution in [-0.4, -0.2) is 18.0 Å². The fraction of sp³-hybridized carbons (Fsp3) is 0.286. The molecule has 3 rings (SSSR count). The van der Waals surface area contributed by atoms with E-state index in [1.165, 1.54) is 17.7 Å². The number of anilines is 1. The summed E-state index contributed by atoms with van der Waals surface area (Å²) in [5, 5.41) is 8.89. The maximum atomic E-state index is 12.9. The summed E-state index contributed by atoms with van der Waals surface area (Å²) >= 11 is 0. The maximum Gasteiger partial charge on any atom is 0.418 e. The molecule has 0 unspecified atom stereocenters. The molecule has 1 heterocycles. The lowest BCUT2D eigenvalue weighted by molar-refractivity contribution is -0.136. The number of nitrogens with two attached hydrogens (primary N) is 1. The Morgan fingerprint density at radius 3 is 2.26 bits per heavy atom. The third-order valence-corrected chi connectivity index (χ3v) is 5.08. The molecule has 0 bridgehead atoms.